The van der Waals surface area contributed by atoms with E-state index in [9.17, 15) is 13.2 Å². The monoisotopic (exact) mass is 607 g/mol. The molecule has 1 saturated heterocycles. The molecule has 0 unspecified atom stereocenters. The van der Waals surface area contributed by atoms with Gasteiger partial charge in [0.15, 0.2) is 5.13 Å². The summed E-state index contributed by atoms with van der Waals surface area (Å²) >= 11 is 1.45. The number of carbonyl (C=O) groups is 1. The number of anilines is 3. The average Bonchev–Trinajstić information content (AvgIpc) is 3.31. The lowest BCUT2D eigenvalue weighted by molar-refractivity contribution is 0.0203. The van der Waals surface area contributed by atoms with Gasteiger partial charge in [0.2, 0.25) is 16.0 Å². The molecule has 4 aromatic rings. The predicted octanol–water partition coefficient (Wildman–Crippen LogP) is 5.26. The van der Waals surface area contributed by atoms with Gasteiger partial charge in [0.25, 0.3) is 0 Å². The number of hydrogen-bond acceptors (Lipinski definition) is 10. The normalized spacial score (nSPS) is 14.9. The maximum Gasteiger partial charge on any atom is 0.410 e. The van der Waals surface area contributed by atoms with Crippen LogP contribution in [0, 0.1) is 0 Å². The van der Waals surface area contributed by atoms with E-state index in [1.54, 1.807) is 29.4 Å². The number of ether oxygens (including phenoxy) is 1. The Hall–Kier alpha value is -4.07. The number of nitrogens with two attached hydrogens (primary N) is 1. The number of rotatable bonds is 7. The van der Waals surface area contributed by atoms with Crippen molar-refractivity contribution < 1.29 is 17.9 Å². The first-order chi connectivity index (χ1) is 19.9. The zero-order valence-corrected chi connectivity index (χ0v) is 25.2. The molecule has 3 heterocycles. The number of fused-ring (bicyclic) bond motifs is 1. The van der Waals surface area contributed by atoms with Crippen molar-refractivity contribution in [1.29, 1.82) is 0 Å². The maximum absolute atomic E-state index is 13.0. The third-order valence-corrected chi connectivity index (χ3v) is 8.84. The van der Waals surface area contributed by atoms with Crippen molar-refractivity contribution in [3.8, 4) is 0 Å². The van der Waals surface area contributed by atoms with Crippen LogP contribution in [0.1, 0.15) is 44.7 Å². The standard InChI is InChI=1S/C29H33N7O4S2/c1-29(2,3)40-28(37)36-14-12-22(13-15-36)35-42(38,39)23-9-7-21(8-10-23)33-27-31-17-20(18-32-27)5-4-19-6-11-24-25(16-19)41-26(30)34-24/h4-11,16-18,22,35H,12-15H2,1-3H3,(H2,30,34)(H,31,32,33). The Morgan fingerprint density at radius 2 is 1.71 bits per heavy atom. The molecule has 0 saturated carbocycles. The van der Waals surface area contributed by atoms with Gasteiger partial charge in [-0.25, -0.2) is 32.9 Å². The van der Waals surface area contributed by atoms with Gasteiger partial charge in [0.05, 0.1) is 15.1 Å². The summed E-state index contributed by atoms with van der Waals surface area (Å²) in [5.74, 6) is 0.388. The Bertz CT molecular complexity index is 1690. The smallest absolute Gasteiger partial charge is 0.410 e. The first-order valence-corrected chi connectivity index (χ1v) is 15.8. The average molecular weight is 608 g/mol. The fraction of sp³-hybridized carbons (Fsp3) is 0.310. The van der Waals surface area contributed by atoms with E-state index in [4.69, 9.17) is 10.5 Å². The van der Waals surface area contributed by atoms with E-state index in [1.807, 2.05) is 51.1 Å². The highest BCUT2D eigenvalue weighted by Crippen LogP contribution is 2.25. The van der Waals surface area contributed by atoms with Crippen molar-refractivity contribution >= 4 is 66.6 Å². The lowest BCUT2D eigenvalue weighted by Gasteiger charge is -2.33. The number of benzene rings is 2. The van der Waals surface area contributed by atoms with Crippen LogP contribution in [0.15, 0.2) is 59.8 Å². The molecule has 0 spiro atoms. The lowest BCUT2D eigenvalue weighted by atomic mass is 10.1. The molecular weight excluding hydrogens is 574 g/mol. The van der Waals surface area contributed by atoms with E-state index in [2.05, 4.69) is 25.0 Å². The third kappa shape index (κ3) is 7.60. The van der Waals surface area contributed by atoms with Crippen LogP contribution < -0.4 is 15.8 Å². The summed E-state index contributed by atoms with van der Waals surface area (Å²) in [6, 6.07) is 12.1. The first kappa shape index (κ1) is 29.4. The number of piperidine rings is 1. The van der Waals surface area contributed by atoms with E-state index in [-0.39, 0.29) is 17.0 Å². The van der Waals surface area contributed by atoms with Crippen LogP contribution >= 0.6 is 11.3 Å². The predicted molar refractivity (Wildman–Crippen MR) is 166 cm³/mol. The molecule has 220 valence electrons. The number of aromatic nitrogens is 3. The number of thiazole rings is 1. The Labute approximate surface area is 248 Å². The minimum absolute atomic E-state index is 0.156. The summed E-state index contributed by atoms with van der Waals surface area (Å²) in [6.07, 6.45) is 7.94. The molecule has 1 amide bonds. The van der Waals surface area contributed by atoms with E-state index >= 15 is 0 Å². The van der Waals surface area contributed by atoms with Gasteiger partial charge in [0, 0.05) is 42.8 Å². The van der Waals surface area contributed by atoms with Crippen LogP contribution in [0.5, 0.6) is 0 Å². The van der Waals surface area contributed by atoms with Crippen LogP contribution in [-0.2, 0) is 14.8 Å². The van der Waals surface area contributed by atoms with Crippen molar-refractivity contribution in [2.75, 3.05) is 24.1 Å². The molecule has 2 aromatic carbocycles. The van der Waals surface area contributed by atoms with Gasteiger partial charge in [-0.2, -0.15) is 0 Å². The topological polar surface area (TPSA) is 152 Å². The Balaban J connectivity index is 1.13. The van der Waals surface area contributed by atoms with Crippen molar-refractivity contribution in [2.24, 2.45) is 0 Å². The van der Waals surface area contributed by atoms with Crippen LogP contribution in [0.25, 0.3) is 22.4 Å². The van der Waals surface area contributed by atoms with Gasteiger partial charge < -0.3 is 20.7 Å². The molecule has 11 nitrogen and oxygen atoms in total. The lowest BCUT2D eigenvalue weighted by Crippen LogP contribution is -2.47. The minimum atomic E-state index is -3.72. The highest BCUT2D eigenvalue weighted by Gasteiger charge is 2.29. The van der Waals surface area contributed by atoms with Crippen molar-refractivity contribution in [3.63, 3.8) is 0 Å². The van der Waals surface area contributed by atoms with Crippen LogP contribution in [0.3, 0.4) is 0 Å². The summed E-state index contributed by atoms with van der Waals surface area (Å²) in [7, 11) is -3.72. The quantitative estimate of drug-likeness (QED) is 0.255. The molecule has 0 atom stereocenters. The SMILES string of the molecule is CC(C)(C)OC(=O)N1CCC(NS(=O)(=O)c2ccc(Nc3ncc(C=Cc4ccc5nc(N)sc5c4)cn3)cc2)CC1. The minimum Gasteiger partial charge on any atom is -0.444 e. The van der Waals surface area contributed by atoms with E-state index < -0.39 is 15.6 Å². The molecule has 0 radical (unpaired) electrons. The summed E-state index contributed by atoms with van der Waals surface area (Å²) in [5, 5.41) is 3.64. The highest BCUT2D eigenvalue weighted by molar-refractivity contribution is 7.89. The number of likely N-dealkylation sites (tertiary alicyclic amines) is 1. The Morgan fingerprint density at radius 3 is 2.38 bits per heavy atom. The molecule has 1 fully saturated rings. The summed E-state index contributed by atoms with van der Waals surface area (Å²) in [5.41, 5.74) is 8.59. The second-order valence-electron chi connectivity index (χ2n) is 11.0. The van der Waals surface area contributed by atoms with E-state index in [0.717, 1.165) is 21.3 Å². The number of nitrogen functional groups attached to an aromatic ring is 1. The molecule has 13 heteroatoms. The molecule has 5 rings (SSSR count). The van der Waals surface area contributed by atoms with Crippen LogP contribution in [-0.4, -0.2) is 59.1 Å². The van der Waals surface area contributed by atoms with Gasteiger partial charge in [-0.05, 0) is 75.6 Å². The van der Waals surface area contributed by atoms with Crippen molar-refractivity contribution in [2.45, 2.75) is 50.2 Å². The molecular formula is C29H33N7O4S2. The molecule has 4 N–H and O–H groups in total. The van der Waals surface area contributed by atoms with Gasteiger partial charge in [-0.3, -0.25) is 0 Å². The maximum atomic E-state index is 13.0. The second kappa shape index (κ2) is 12.0. The zero-order valence-electron chi connectivity index (χ0n) is 23.6. The molecule has 2 aromatic heterocycles. The number of hydrogen-bond donors (Lipinski definition) is 3. The third-order valence-electron chi connectivity index (χ3n) is 6.46. The first-order valence-electron chi connectivity index (χ1n) is 13.5. The molecule has 0 aliphatic carbocycles. The molecule has 1 aliphatic heterocycles. The largest absolute Gasteiger partial charge is 0.444 e. The highest BCUT2D eigenvalue weighted by atomic mass is 32.2. The number of nitrogens with zero attached hydrogens (tertiary/aromatic N) is 4. The van der Waals surface area contributed by atoms with Gasteiger partial charge in [-0.15, -0.1) is 0 Å². The molecule has 1 aliphatic rings. The Kier molecular flexibility index (Phi) is 8.43. The number of amides is 1. The summed E-state index contributed by atoms with van der Waals surface area (Å²) < 4.78 is 35.1. The number of sulfonamides is 1. The Morgan fingerprint density at radius 1 is 1.05 bits per heavy atom. The molecule has 42 heavy (non-hydrogen) atoms. The van der Waals surface area contributed by atoms with E-state index in [0.29, 0.717) is 42.7 Å². The summed E-state index contributed by atoms with van der Waals surface area (Å²) in [4.78, 5) is 27.0. The van der Waals surface area contributed by atoms with Gasteiger partial charge >= 0.3 is 6.09 Å². The fourth-order valence-electron chi connectivity index (χ4n) is 4.38. The molecule has 0 bridgehead atoms. The van der Waals surface area contributed by atoms with Crippen molar-refractivity contribution in [1.82, 2.24) is 24.6 Å². The number of carbonyl (C=O) groups excluding carboxylic acids is 1. The van der Waals surface area contributed by atoms with Crippen LogP contribution in [0.2, 0.25) is 0 Å². The zero-order chi connectivity index (χ0) is 29.9. The van der Waals surface area contributed by atoms with Crippen LogP contribution in [0.4, 0.5) is 21.6 Å². The van der Waals surface area contributed by atoms with E-state index in [1.165, 1.54) is 23.5 Å². The van der Waals surface area contributed by atoms with Gasteiger partial charge in [0.1, 0.15) is 5.60 Å². The van der Waals surface area contributed by atoms with Gasteiger partial charge in [-0.1, -0.05) is 29.6 Å². The number of nitrogens with one attached hydrogen (secondary N) is 2. The van der Waals surface area contributed by atoms with Crippen molar-refractivity contribution in [3.05, 3.63) is 66.0 Å². The summed E-state index contributed by atoms with van der Waals surface area (Å²) in [6.45, 7) is 6.31. The fourth-order valence-corrected chi connectivity index (χ4v) is 6.47. The second-order valence-corrected chi connectivity index (χ2v) is 13.7.